The van der Waals surface area contributed by atoms with Gasteiger partial charge in [0.15, 0.2) is 0 Å². The predicted molar refractivity (Wildman–Crippen MR) is 85.1 cm³/mol. The molecule has 1 aliphatic heterocycles. The molecule has 0 N–H and O–H groups in total. The molecule has 0 aromatic heterocycles. The minimum absolute atomic E-state index is 0.0535. The van der Waals surface area contributed by atoms with Crippen molar-refractivity contribution in [3.05, 3.63) is 44.8 Å². The van der Waals surface area contributed by atoms with Crippen LogP contribution in [0.1, 0.15) is 55.0 Å². The summed E-state index contributed by atoms with van der Waals surface area (Å²) in [6, 6.07) is 4.54. The van der Waals surface area contributed by atoms with Crippen LogP contribution in [0.3, 0.4) is 0 Å². The van der Waals surface area contributed by atoms with Crippen molar-refractivity contribution < 1.29 is 0 Å². The Kier molecular flexibility index (Phi) is 4.18. The Balaban J connectivity index is 1.90. The van der Waals surface area contributed by atoms with Crippen LogP contribution in [-0.2, 0) is 19.4 Å². The summed E-state index contributed by atoms with van der Waals surface area (Å²) in [4.78, 5) is 5.59. The van der Waals surface area contributed by atoms with Gasteiger partial charge >= 0.3 is 0 Å². The Labute approximate surface area is 126 Å². The van der Waals surface area contributed by atoms with Gasteiger partial charge in [-0.3, -0.25) is 4.90 Å². The molecule has 1 atom stereocenters. The molecule has 21 heavy (non-hydrogen) atoms. The Morgan fingerprint density at radius 1 is 1.33 bits per heavy atom. The van der Waals surface area contributed by atoms with Gasteiger partial charge in [0.1, 0.15) is 0 Å². The van der Waals surface area contributed by atoms with Crippen molar-refractivity contribution in [2.45, 2.75) is 52.1 Å². The third-order valence-corrected chi connectivity index (χ3v) is 4.71. The van der Waals surface area contributed by atoms with Gasteiger partial charge in [0.2, 0.25) is 0 Å². The first-order valence-electron chi connectivity index (χ1n) is 8.09. The lowest BCUT2D eigenvalue weighted by atomic mass is 9.81. The second-order valence-electron chi connectivity index (χ2n) is 6.76. The van der Waals surface area contributed by atoms with Crippen LogP contribution in [0.2, 0.25) is 0 Å². The molecule has 0 saturated carbocycles. The van der Waals surface area contributed by atoms with E-state index in [1.54, 1.807) is 5.56 Å². The van der Waals surface area contributed by atoms with Crippen LogP contribution in [0, 0.1) is 5.92 Å². The molecule has 4 heteroatoms. The minimum atomic E-state index is 0.0535. The molecule has 1 aliphatic carbocycles. The number of benzene rings is 1. The average Bonchev–Trinajstić information content (AvgIpc) is 2.46. The first kappa shape index (κ1) is 14.4. The first-order valence-corrected chi connectivity index (χ1v) is 8.09. The highest BCUT2D eigenvalue weighted by atomic mass is 15.1. The molecule has 1 heterocycles. The van der Waals surface area contributed by atoms with Crippen molar-refractivity contribution in [2.75, 3.05) is 13.1 Å². The quantitative estimate of drug-likeness (QED) is 0.461. The molecule has 0 amide bonds. The average molecular weight is 284 g/mol. The van der Waals surface area contributed by atoms with Crippen molar-refractivity contribution in [1.29, 1.82) is 0 Å². The monoisotopic (exact) mass is 284 g/mol. The molecule has 0 unspecified atom stereocenters. The van der Waals surface area contributed by atoms with Gasteiger partial charge in [0, 0.05) is 24.5 Å². The van der Waals surface area contributed by atoms with Gasteiger partial charge in [-0.25, -0.2) is 0 Å². The van der Waals surface area contributed by atoms with E-state index in [4.69, 9.17) is 5.53 Å². The fraction of sp³-hybridized carbons (Fsp3) is 0.647. The summed E-state index contributed by atoms with van der Waals surface area (Å²) in [5.41, 5.74) is 14.6. The molecule has 112 valence electrons. The number of rotatable bonds is 3. The molecule has 0 spiro atoms. The van der Waals surface area contributed by atoms with Crippen molar-refractivity contribution in [3.63, 3.8) is 0 Å². The molecule has 0 saturated heterocycles. The predicted octanol–water partition coefficient (Wildman–Crippen LogP) is 4.39. The maximum absolute atomic E-state index is 8.75. The van der Waals surface area contributed by atoms with E-state index < -0.39 is 0 Å². The summed E-state index contributed by atoms with van der Waals surface area (Å²) in [5, 5.41) is 4.00. The van der Waals surface area contributed by atoms with Gasteiger partial charge in [0.25, 0.3) is 0 Å². The summed E-state index contributed by atoms with van der Waals surface area (Å²) < 4.78 is 0. The highest BCUT2D eigenvalue weighted by Gasteiger charge is 2.26. The van der Waals surface area contributed by atoms with Gasteiger partial charge in [0.05, 0.1) is 6.04 Å². The zero-order valence-corrected chi connectivity index (χ0v) is 13.0. The van der Waals surface area contributed by atoms with Crippen LogP contribution in [0.15, 0.2) is 17.2 Å². The zero-order valence-electron chi connectivity index (χ0n) is 13.0. The molecule has 2 aliphatic rings. The second kappa shape index (κ2) is 6.08. The Hall–Kier alpha value is -1.51. The summed E-state index contributed by atoms with van der Waals surface area (Å²) in [5.74, 6) is 0.721. The van der Waals surface area contributed by atoms with E-state index in [1.165, 1.54) is 23.2 Å². The van der Waals surface area contributed by atoms with Crippen LogP contribution < -0.4 is 0 Å². The van der Waals surface area contributed by atoms with Gasteiger partial charge in [-0.2, -0.15) is 0 Å². The molecular weight excluding hydrogens is 260 g/mol. The lowest BCUT2D eigenvalue weighted by molar-refractivity contribution is 0.226. The number of hydrogen-bond donors (Lipinski definition) is 0. The fourth-order valence-electron chi connectivity index (χ4n) is 3.90. The van der Waals surface area contributed by atoms with E-state index in [9.17, 15) is 0 Å². The van der Waals surface area contributed by atoms with E-state index in [2.05, 4.69) is 40.9 Å². The van der Waals surface area contributed by atoms with E-state index in [1.807, 2.05) is 0 Å². The zero-order chi connectivity index (χ0) is 14.8. The third kappa shape index (κ3) is 2.92. The van der Waals surface area contributed by atoms with Crippen LogP contribution in [0.5, 0.6) is 0 Å². The van der Waals surface area contributed by atoms with Gasteiger partial charge < -0.3 is 0 Å². The number of azide groups is 1. The van der Waals surface area contributed by atoms with Crippen molar-refractivity contribution in [2.24, 2.45) is 11.0 Å². The molecule has 4 nitrogen and oxygen atoms in total. The van der Waals surface area contributed by atoms with E-state index in [0.29, 0.717) is 0 Å². The topological polar surface area (TPSA) is 52.0 Å². The first-order chi connectivity index (χ1) is 10.2. The molecular formula is C17H24N4. The lowest BCUT2D eigenvalue weighted by Gasteiger charge is -2.34. The third-order valence-electron chi connectivity index (χ3n) is 4.71. The van der Waals surface area contributed by atoms with E-state index in [0.717, 1.165) is 44.7 Å². The maximum atomic E-state index is 8.75. The molecule has 3 rings (SSSR count). The van der Waals surface area contributed by atoms with Crippen LogP contribution >= 0.6 is 0 Å². The molecule has 0 fully saturated rings. The Bertz CT molecular complexity index is 572. The summed E-state index contributed by atoms with van der Waals surface area (Å²) >= 11 is 0. The molecule has 1 aromatic carbocycles. The van der Waals surface area contributed by atoms with Crippen LogP contribution in [0.25, 0.3) is 10.4 Å². The standard InChI is InChI=1S/C17H24N4/c1-12(2)10-21-9-8-14-13(11-21)6-7-16-15(14)4-3-5-17(16)19-20-18/h6-7,12,17H,3-5,8-11H2,1-2H3/t17-/m1/s1. The SMILES string of the molecule is CC(C)CN1CCc2c(ccc3c2CCC[C@H]3N=[N+]=[N-])C1. The maximum Gasteiger partial charge on any atom is 0.0628 e. The fourth-order valence-corrected chi connectivity index (χ4v) is 3.90. The summed E-state index contributed by atoms with van der Waals surface area (Å²) in [6.45, 7) is 7.98. The number of nitrogens with zero attached hydrogens (tertiary/aromatic N) is 4. The molecule has 1 aromatic rings. The number of fused-ring (bicyclic) bond motifs is 3. The number of hydrogen-bond acceptors (Lipinski definition) is 2. The Morgan fingerprint density at radius 2 is 2.19 bits per heavy atom. The summed E-state index contributed by atoms with van der Waals surface area (Å²) in [6.07, 6.45) is 4.44. The summed E-state index contributed by atoms with van der Waals surface area (Å²) in [7, 11) is 0. The van der Waals surface area contributed by atoms with Gasteiger partial charge in [-0.15, -0.1) is 0 Å². The van der Waals surface area contributed by atoms with E-state index in [-0.39, 0.29) is 6.04 Å². The highest BCUT2D eigenvalue weighted by molar-refractivity contribution is 5.45. The van der Waals surface area contributed by atoms with Crippen molar-refractivity contribution in [3.8, 4) is 0 Å². The van der Waals surface area contributed by atoms with Crippen molar-refractivity contribution >= 4 is 0 Å². The van der Waals surface area contributed by atoms with E-state index >= 15 is 0 Å². The van der Waals surface area contributed by atoms with Crippen LogP contribution in [0.4, 0.5) is 0 Å². The smallest absolute Gasteiger partial charge is 0.0628 e. The van der Waals surface area contributed by atoms with Gasteiger partial charge in [-0.1, -0.05) is 31.1 Å². The highest BCUT2D eigenvalue weighted by Crippen LogP contribution is 2.37. The second-order valence-corrected chi connectivity index (χ2v) is 6.76. The minimum Gasteiger partial charge on any atom is -0.298 e. The van der Waals surface area contributed by atoms with Gasteiger partial charge in [-0.05, 0) is 59.4 Å². The van der Waals surface area contributed by atoms with Crippen molar-refractivity contribution in [1.82, 2.24) is 4.90 Å². The lowest BCUT2D eigenvalue weighted by Crippen LogP contribution is -2.34. The molecule has 0 bridgehead atoms. The normalized spacial score (nSPS) is 21.6. The van der Waals surface area contributed by atoms with Crippen LogP contribution in [-0.4, -0.2) is 18.0 Å². The molecule has 0 radical (unpaired) electrons. The Morgan fingerprint density at radius 3 is 2.95 bits per heavy atom. The largest absolute Gasteiger partial charge is 0.298 e.